The average molecular weight is 235 g/mol. The number of nitrogens with zero attached hydrogens (tertiary/aromatic N) is 2. The molecule has 1 fully saturated rings. The van der Waals surface area contributed by atoms with Crippen molar-refractivity contribution in [2.75, 3.05) is 26.2 Å². The molecule has 0 aliphatic carbocycles. The van der Waals surface area contributed by atoms with Gasteiger partial charge in [-0.2, -0.15) is 0 Å². The van der Waals surface area contributed by atoms with Crippen LogP contribution in [-0.4, -0.2) is 47.1 Å². The van der Waals surface area contributed by atoms with E-state index < -0.39 is 12.0 Å². The lowest BCUT2D eigenvalue weighted by Gasteiger charge is -2.32. The van der Waals surface area contributed by atoms with Crippen LogP contribution >= 0.6 is 0 Å². The lowest BCUT2D eigenvalue weighted by Crippen LogP contribution is -2.47. The minimum Gasteiger partial charge on any atom is -0.480 e. The Kier molecular flexibility index (Phi) is 3.71. The van der Waals surface area contributed by atoms with Crippen LogP contribution in [0.2, 0.25) is 0 Å². The number of carboxylic acid groups (broad SMARTS) is 1. The number of carbonyl (C=O) groups is 1. The van der Waals surface area contributed by atoms with E-state index in [9.17, 15) is 9.90 Å². The molecule has 17 heavy (non-hydrogen) atoms. The molecule has 0 amide bonds. The van der Waals surface area contributed by atoms with Crippen molar-refractivity contribution in [3.8, 4) is 0 Å². The number of pyridine rings is 1. The first-order valence-corrected chi connectivity index (χ1v) is 5.78. The van der Waals surface area contributed by atoms with E-state index in [4.69, 9.17) is 0 Å². The first kappa shape index (κ1) is 12.0. The molecular weight excluding hydrogens is 218 g/mol. The molecule has 2 N–H and O–H groups in total. The molecule has 1 aromatic heterocycles. The molecule has 0 spiro atoms. The molecule has 1 saturated heterocycles. The van der Waals surface area contributed by atoms with E-state index in [1.54, 1.807) is 6.20 Å². The van der Waals surface area contributed by atoms with Gasteiger partial charge in [0.2, 0.25) is 0 Å². The van der Waals surface area contributed by atoms with E-state index in [0.29, 0.717) is 0 Å². The highest BCUT2D eigenvalue weighted by molar-refractivity contribution is 5.75. The van der Waals surface area contributed by atoms with Crippen molar-refractivity contribution in [3.05, 3.63) is 29.6 Å². The zero-order valence-electron chi connectivity index (χ0n) is 9.89. The quantitative estimate of drug-likeness (QED) is 0.795. The van der Waals surface area contributed by atoms with Crippen LogP contribution < -0.4 is 5.32 Å². The molecule has 0 bridgehead atoms. The number of rotatable bonds is 3. The summed E-state index contributed by atoms with van der Waals surface area (Å²) in [5.74, 6) is -0.808. The standard InChI is InChI=1S/C12H17N3O2/c1-9-2-3-10(8-14-9)11(12(16)17)15-6-4-13-5-7-15/h2-3,8,11,13H,4-7H2,1H3,(H,16,17). The maximum atomic E-state index is 11.4. The summed E-state index contributed by atoms with van der Waals surface area (Å²) in [5.41, 5.74) is 1.66. The second-order valence-corrected chi connectivity index (χ2v) is 4.26. The third-order valence-electron chi connectivity index (χ3n) is 3.00. The van der Waals surface area contributed by atoms with Crippen LogP contribution in [0.3, 0.4) is 0 Å². The number of aliphatic carboxylic acids is 1. The molecule has 2 rings (SSSR count). The fourth-order valence-corrected chi connectivity index (χ4v) is 2.09. The molecule has 5 heteroatoms. The number of aryl methyl sites for hydroxylation is 1. The minimum atomic E-state index is -0.808. The van der Waals surface area contributed by atoms with Crippen molar-refractivity contribution < 1.29 is 9.90 Å². The second-order valence-electron chi connectivity index (χ2n) is 4.26. The summed E-state index contributed by atoms with van der Waals surface area (Å²) in [4.78, 5) is 17.5. The van der Waals surface area contributed by atoms with Crippen LogP contribution in [0, 0.1) is 6.92 Å². The largest absolute Gasteiger partial charge is 0.480 e. The zero-order chi connectivity index (χ0) is 12.3. The van der Waals surface area contributed by atoms with Gasteiger partial charge in [-0.1, -0.05) is 6.07 Å². The number of aromatic nitrogens is 1. The molecule has 1 aliphatic heterocycles. The summed E-state index contributed by atoms with van der Waals surface area (Å²) < 4.78 is 0. The van der Waals surface area contributed by atoms with Crippen molar-refractivity contribution in [1.82, 2.24) is 15.2 Å². The van der Waals surface area contributed by atoms with Gasteiger partial charge in [0.1, 0.15) is 6.04 Å². The van der Waals surface area contributed by atoms with Gasteiger partial charge in [0, 0.05) is 38.1 Å². The van der Waals surface area contributed by atoms with Gasteiger partial charge in [-0.3, -0.25) is 14.7 Å². The van der Waals surface area contributed by atoms with Crippen molar-refractivity contribution in [1.29, 1.82) is 0 Å². The number of piperazine rings is 1. The predicted octanol–water partition coefficient (Wildman–Crippen LogP) is 0.421. The predicted molar refractivity (Wildman–Crippen MR) is 63.8 cm³/mol. The molecule has 1 aliphatic rings. The number of carboxylic acids is 1. The number of hydrogen-bond donors (Lipinski definition) is 2. The Balaban J connectivity index is 2.21. The fourth-order valence-electron chi connectivity index (χ4n) is 2.09. The van der Waals surface area contributed by atoms with Crippen LogP contribution in [0.4, 0.5) is 0 Å². The Morgan fingerprint density at radius 2 is 2.18 bits per heavy atom. The van der Waals surface area contributed by atoms with Crippen molar-refractivity contribution >= 4 is 5.97 Å². The summed E-state index contributed by atoms with van der Waals surface area (Å²) in [5, 5.41) is 12.6. The van der Waals surface area contributed by atoms with Crippen molar-refractivity contribution in [3.63, 3.8) is 0 Å². The molecule has 92 valence electrons. The molecule has 5 nitrogen and oxygen atoms in total. The van der Waals surface area contributed by atoms with Crippen LogP contribution in [0.25, 0.3) is 0 Å². The summed E-state index contributed by atoms with van der Waals surface area (Å²) in [6.07, 6.45) is 1.66. The molecule has 0 aromatic carbocycles. The molecular formula is C12H17N3O2. The summed E-state index contributed by atoms with van der Waals surface area (Å²) in [6, 6.07) is 3.13. The van der Waals surface area contributed by atoms with Gasteiger partial charge in [-0.05, 0) is 18.6 Å². The van der Waals surface area contributed by atoms with Crippen LogP contribution in [-0.2, 0) is 4.79 Å². The van der Waals surface area contributed by atoms with Gasteiger partial charge in [0.05, 0.1) is 0 Å². The van der Waals surface area contributed by atoms with Gasteiger partial charge in [-0.25, -0.2) is 0 Å². The SMILES string of the molecule is Cc1ccc(C(C(=O)O)N2CCNCC2)cn1. The highest BCUT2D eigenvalue weighted by Gasteiger charge is 2.28. The van der Waals surface area contributed by atoms with E-state index in [0.717, 1.165) is 37.4 Å². The Morgan fingerprint density at radius 3 is 2.71 bits per heavy atom. The molecule has 1 atom stereocenters. The van der Waals surface area contributed by atoms with Gasteiger partial charge >= 0.3 is 5.97 Å². The van der Waals surface area contributed by atoms with E-state index in [1.165, 1.54) is 0 Å². The molecule has 0 saturated carbocycles. The van der Waals surface area contributed by atoms with E-state index in [-0.39, 0.29) is 0 Å². The lowest BCUT2D eigenvalue weighted by atomic mass is 10.1. The molecule has 0 radical (unpaired) electrons. The Morgan fingerprint density at radius 1 is 1.47 bits per heavy atom. The van der Waals surface area contributed by atoms with E-state index in [1.807, 2.05) is 24.0 Å². The van der Waals surface area contributed by atoms with E-state index in [2.05, 4.69) is 10.3 Å². The Hall–Kier alpha value is -1.46. The number of nitrogens with one attached hydrogen (secondary N) is 1. The summed E-state index contributed by atoms with van der Waals surface area (Å²) >= 11 is 0. The highest BCUT2D eigenvalue weighted by atomic mass is 16.4. The summed E-state index contributed by atoms with van der Waals surface area (Å²) in [7, 11) is 0. The van der Waals surface area contributed by atoms with Crippen LogP contribution in [0.15, 0.2) is 18.3 Å². The van der Waals surface area contributed by atoms with Gasteiger partial charge in [-0.15, -0.1) is 0 Å². The van der Waals surface area contributed by atoms with Crippen LogP contribution in [0.1, 0.15) is 17.3 Å². The number of hydrogen-bond acceptors (Lipinski definition) is 4. The lowest BCUT2D eigenvalue weighted by molar-refractivity contribution is -0.143. The first-order chi connectivity index (χ1) is 8.18. The van der Waals surface area contributed by atoms with Crippen LogP contribution in [0.5, 0.6) is 0 Å². The van der Waals surface area contributed by atoms with Gasteiger partial charge in [0.25, 0.3) is 0 Å². The molecule has 1 unspecified atom stereocenters. The normalized spacial score (nSPS) is 18.9. The van der Waals surface area contributed by atoms with Gasteiger partial charge in [0.15, 0.2) is 0 Å². The average Bonchev–Trinajstić information content (AvgIpc) is 2.33. The molecule has 1 aromatic rings. The topological polar surface area (TPSA) is 65.5 Å². The summed E-state index contributed by atoms with van der Waals surface area (Å²) in [6.45, 7) is 5.08. The Labute approximate surface area is 100 Å². The minimum absolute atomic E-state index is 0.579. The Bertz CT molecular complexity index is 385. The molecule has 2 heterocycles. The van der Waals surface area contributed by atoms with E-state index >= 15 is 0 Å². The van der Waals surface area contributed by atoms with Crippen molar-refractivity contribution in [2.45, 2.75) is 13.0 Å². The van der Waals surface area contributed by atoms with Gasteiger partial charge < -0.3 is 10.4 Å². The second kappa shape index (κ2) is 5.25. The first-order valence-electron chi connectivity index (χ1n) is 5.78. The maximum absolute atomic E-state index is 11.4. The maximum Gasteiger partial charge on any atom is 0.325 e. The van der Waals surface area contributed by atoms with Crippen molar-refractivity contribution in [2.24, 2.45) is 0 Å². The zero-order valence-corrected chi connectivity index (χ0v) is 9.89. The third-order valence-corrected chi connectivity index (χ3v) is 3.00. The highest BCUT2D eigenvalue weighted by Crippen LogP contribution is 2.20. The monoisotopic (exact) mass is 235 g/mol. The fraction of sp³-hybridized carbons (Fsp3) is 0.500. The third kappa shape index (κ3) is 2.81. The smallest absolute Gasteiger partial charge is 0.325 e.